The fraction of sp³-hybridized carbons (Fsp3) is 0.125. The van der Waals surface area contributed by atoms with Gasteiger partial charge in [0, 0.05) is 0 Å². The molecular formula is C16H14N4O5. The van der Waals surface area contributed by atoms with Gasteiger partial charge in [-0.1, -0.05) is 0 Å². The molecule has 0 atom stereocenters. The molecule has 9 nitrogen and oxygen atoms in total. The maximum absolute atomic E-state index is 10.8. The molecule has 1 aromatic carbocycles. The number of carboxylic acid groups (broad SMARTS) is 1. The van der Waals surface area contributed by atoms with E-state index >= 15 is 0 Å². The van der Waals surface area contributed by atoms with E-state index < -0.39 is 5.97 Å². The lowest BCUT2D eigenvalue weighted by Crippen LogP contribution is -1.98. The van der Waals surface area contributed by atoms with Gasteiger partial charge in [-0.25, -0.2) is 9.47 Å². The fourth-order valence-corrected chi connectivity index (χ4v) is 1.99. The number of carboxylic acids is 1. The monoisotopic (exact) mass is 342 g/mol. The minimum absolute atomic E-state index is 0.0811. The Labute approximate surface area is 142 Å². The van der Waals surface area contributed by atoms with Crippen molar-refractivity contribution in [2.24, 2.45) is 5.10 Å². The number of ether oxygens (including phenoxy) is 2. The zero-order chi connectivity index (χ0) is 17.6. The van der Waals surface area contributed by atoms with Crippen LogP contribution >= 0.6 is 0 Å². The van der Waals surface area contributed by atoms with Crippen molar-refractivity contribution in [3.63, 3.8) is 0 Å². The topological polar surface area (TPSA) is 112 Å². The van der Waals surface area contributed by atoms with Crippen LogP contribution in [0.3, 0.4) is 0 Å². The van der Waals surface area contributed by atoms with Crippen molar-refractivity contribution in [1.29, 1.82) is 0 Å². The summed E-state index contributed by atoms with van der Waals surface area (Å²) in [6, 6.07) is 8.22. The van der Waals surface area contributed by atoms with Gasteiger partial charge in [0.1, 0.15) is 25.0 Å². The van der Waals surface area contributed by atoms with Crippen LogP contribution in [0.1, 0.15) is 21.9 Å². The summed E-state index contributed by atoms with van der Waals surface area (Å²) in [6.45, 7) is 0.0811. The van der Waals surface area contributed by atoms with E-state index in [1.165, 1.54) is 30.5 Å². The van der Waals surface area contributed by atoms with Gasteiger partial charge < -0.3 is 19.0 Å². The quantitative estimate of drug-likeness (QED) is 0.654. The van der Waals surface area contributed by atoms with Crippen LogP contribution in [-0.4, -0.2) is 39.3 Å². The second kappa shape index (κ2) is 7.30. The smallest absolute Gasteiger partial charge is 0.371 e. The molecule has 25 heavy (non-hydrogen) atoms. The third-order valence-corrected chi connectivity index (χ3v) is 3.18. The van der Waals surface area contributed by atoms with E-state index in [0.717, 1.165) is 5.56 Å². The highest BCUT2D eigenvalue weighted by Crippen LogP contribution is 2.28. The highest BCUT2D eigenvalue weighted by atomic mass is 16.5. The van der Waals surface area contributed by atoms with E-state index in [4.69, 9.17) is 19.0 Å². The maximum Gasteiger partial charge on any atom is 0.371 e. The molecule has 0 amide bonds. The second-order valence-corrected chi connectivity index (χ2v) is 4.86. The van der Waals surface area contributed by atoms with Crippen LogP contribution < -0.4 is 9.47 Å². The molecule has 1 N–H and O–H groups in total. The highest BCUT2D eigenvalue weighted by Gasteiger charge is 2.11. The Morgan fingerprint density at radius 3 is 2.76 bits per heavy atom. The number of nitrogens with zero attached hydrogens (tertiary/aromatic N) is 4. The van der Waals surface area contributed by atoms with Crippen LogP contribution in [0.4, 0.5) is 0 Å². The van der Waals surface area contributed by atoms with E-state index in [2.05, 4.69) is 15.3 Å². The number of methoxy groups -OCH3 is 1. The number of aromatic nitrogens is 3. The Hall–Kier alpha value is -3.62. The van der Waals surface area contributed by atoms with E-state index in [9.17, 15) is 4.79 Å². The molecule has 3 aromatic rings. The van der Waals surface area contributed by atoms with Gasteiger partial charge in [-0.3, -0.25) is 0 Å². The van der Waals surface area contributed by atoms with Crippen molar-refractivity contribution in [3.05, 3.63) is 60.1 Å². The highest BCUT2D eigenvalue weighted by molar-refractivity contribution is 5.84. The molecule has 3 rings (SSSR count). The third-order valence-electron chi connectivity index (χ3n) is 3.18. The molecule has 0 aliphatic carbocycles. The Morgan fingerprint density at radius 1 is 1.28 bits per heavy atom. The second-order valence-electron chi connectivity index (χ2n) is 4.86. The minimum Gasteiger partial charge on any atom is -0.493 e. The van der Waals surface area contributed by atoms with Crippen LogP contribution in [0.5, 0.6) is 11.5 Å². The lowest BCUT2D eigenvalue weighted by Gasteiger charge is -2.10. The molecule has 0 fully saturated rings. The van der Waals surface area contributed by atoms with E-state index in [1.54, 1.807) is 30.5 Å². The average molecular weight is 342 g/mol. The first-order valence-corrected chi connectivity index (χ1v) is 7.17. The molecule has 0 spiro atoms. The normalized spacial score (nSPS) is 10.9. The molecule has 2 heterocycles. The standard InChI is InChI=1S/C16H14N4O5/c1-23-15-6-11(7-19-20-9-17-18-10-20)2-4-13(15)24-8-12-3-5-14(25-12)16(21)22/h2-7,9-10H,8H2,1H3,(H,21,22)/b19-7-. The molecule has 0 saturated heterocycles. The number of rotatable bonds is 7. The number of furan rings is 1. The summed E-state index contributed by atoms with van der Waals surface area (Å²) < 4.78 is 17.6. The van der Waals surface area contributed by atoms with Crippen molar-refractivity contribution in [1.82, 2.24) is 14.9 Å². The molecule has 0 radical (unpaired) electrons. The van der Waals surface area contributed by atoms with E-state index in [0.29, 0.717) is 17.3 Å². The Kier molecular flexibility index (Phi) is 4.74. The Morgan fingerprint density at radius 2 is 2.08 bits per heavy atom. The van der Waals surface area contributed by atoms with Crippen LogP contribution in [0, 0.1) is 0 Å². The molecular weight excluding hydrogens is 328 g/mol. The van der Waals surface area contributed by atoms with Gasteiger partial charge in [0.25, 0.3) is 0 Å². The Bertz CT molecular complexity index is 886. The average Bonchev–Trinajstić information content (AvgIpc) is 3.30. The predicted octanol–water partition coefficient (Wildman–Crippen LogP) is 2.04. The SMILES string of the molecule is COc1cc(/C=N\n2cnnc2)ccc1OCc1ccc(C(=O)O)o1. The predicted molar refractivity (Wildman–Crippen MR) is 86.0 cm³/mol. The molecule has 0 aliphatic rings. The van der Waals surface area contributed by atoms with Crippen LogP contribution in [0.25, 0.3) is 0 Å². The van der Waals surface area contributed by atoms with Gasteiger partial charge >= 0.3 is 5.97 Å². The van der Waals surface area contributed by atoms with Gasteiger partial charge in [-0.15, -0.1) is 10.2 Å². The van der Waals surface area contributed by atoms with E-state index in [1.807, 2.05) is 0 Å². The van der Waals surface area contributed by atoms with E-state index in [-0.39, 0.29) is 12.4 Å². The first kappa shape index (κ1) is 16.2. The molecule has 2 aromatic heterocycles. The van der Waals surface area contributed by atoms with Gasteiger partial charge in [-0.2, -0.15) is 5.10 Å². The maximum atomic E-state index is 10.8. The largest absolute Gasteiger partial charge is 0.493 e. The lowest BCUT2D eigenvalue weighted by atomic mass is 10.2. The number of hydrogen-bond acceptors (Lipinski definition) is 7. The molecule has 0 unspecified atom stereocenters. The third kappa shape index (κ3) is 4.02. The summed E-state index contributed by atoms with van der Waals surface area (Å²) in [6.07, 6.45) is 4.57. The van der Waals surface area contributed by atoms with Gasteiger partial charge in [-0.05, 0) is 35.9 Å². The van der Waals surface area contributed by atoms with Crippen molar-refractivity contribution in [2.75, 3.05) is 7.11 Å². The van der Waals surface area contributed by atoms with Crippen molar-refractivity contribution < 1.29 is 23.8 Å². The lowest BCUT2D eigenvalue weighted by molar-refractivity contribution is 0.0658. The molecule has 9 heteroatoms. The first-order chi connectivity index (χ1) is 12.2. The number of benzene rings is 1. The summed E-state index contributed by atoms with van der Waals surface area (Å²) in [5, 5.41) is 20.3. The number of carbonyl (C=O) groups is 1. The van der Waals surface area contributed by atoms with Crippen molar-refractivity contribution >= 4 is 12.2 Å². The molecule has 0 aliphatic heterocycles. The summed E-state index contributed by atoms with van der Waals surface area (Å²) in [5.74, 6) is 0.152. The summed E-state index contributed by atoms with van der Waals surface area (Å²) in [7, 11) is 1.53. The molecule has 128 valence electrons. The van der Waals surface area contributed by atoms with Crippen LogP contribution in [0.15, 0.2) is 52.5 Å². The minimum atomic E-state index is -1.12. The zero-order valence-corrected chi connectivity index (χ0v) is 13.2. The molecule has 0 bridgehead atoms. The summed E-state index contributed by atoms with van der Waals surface area (Å²) >= 11 is 0. The number of aromatic carboxylic acids is 1. The van der Waals surface area contributed by atoms with Crippen molar-refractivity contribution in [2.45, 2.75) is 6.61 Å². The van der Waals surface area contributed by atoms with Crippen LogP contribution in [0.2, 0.25) is 0 Å². The summed E-state index contributed by atoms with van der Waals surface area (Å²) in [5.41, 5.74) is 0.795. The fourth-order valence-electron chi connectivity index (χ4n) is 1.99. The number of hydrogen-bond donors (Lipinski definition) is 1. The summed E-state index contributed by atoms with van der Waals surface area (Å²) in [4.78, 5) is 10.8. The zero-order valence-electron chi connectivity index (χ0n) is 13.2. The van der Waals surface area contributed by atoms with Gasteiger partial charge in [0.2, 0.25) is 5.76 Å². The van der Waals surface area contributed by atoms with Crippen molar-refractivity contribution in [3.8, 4) is 11.5 Å². The van der Waals surface area contributed by atoms with Gasteiger partial charge in [0.15, 0.2) is 11.5 Å². The first-order valence-electron chi connectivity index (χ1n) is 7.17. The molecule has 0 saturated carbocycles. The van der Waals surface area contributed by atoms with Crippen LogP contribution in [-0.2, 0) is 6.61 Å². The Balaban J connectivity index is 1.69. The van der Waals surface area contributed by atoms with Gasteiger partial charge in [0.05, 0.1) is 13.3 Å².